The number of carbonyl (C=O) groups excluding carboxylic acids is 1. The van der Waals surface area contributed by atoms with Crippen molar-refractivity contribution in [2.24, 2.45) is 0 Å². The van der Waals surface area contributed by atoms with E-state index in [2.05, 4.69) is 4.98 Å². The lowest BCUT2D eigenvalue weighted by Crippen LogP contribution is -2.41. The van der Waals surface area contributed by atoms with Gasteiger partial charge in [-0.2, -0.15) is 0 Å². The normalized spacial score (nSPS) is 15.7. The third-order valence-electron chi connectivity index (χ3n) is 2.81. The van der Waals surface area contributed by atoms with E-state index in [0.29, 0.717) is 45.2 Å². The van der Waals surface area contributed by atoms with Crippen LogP contribution in [0.1, 0.15) is 23.0 Å². The number of morpholine rings is 1. The van der Waals surface area contributed by atoms with Gasteiger partial charge in [0.2, 0.25) is 0 Å². The summed E-state index contributed by atoms with van der Waals surface area (Å²) in [6.07, 6.45) is 1.65. The molecule has 0 N–H and O–H groups in total. The number of hydrogen-bond acceptors (Lipinski definition) is 4. The molecule has 1 fully saturated rings. The predicted molar refractivity (Wildman–Crippen MR) is 66.3 cm³/mol. The molecule has 1 aromatic heterocycles. The fourth-order valence-electron chi connectivity index (χ4n) is 1.83. The Hall–Kier alpha value is -1.46. The van der Waals surface area contributed by atoms with Crippen molar-refractivity contribution in [2.75, 3.05) is 32.9 Å². The van der Waals surface area contributed by atoms with E-state index in [1.54, 1.807) is 17.2 Å². The molecule has 0 unspecified atom stereocenters. The lowest BCUT2D eigenvalue weighted by molar-refractivity contribution is 0.0299. The van der Waals surface area contributed by atoms with Crippen LogP contribution in [-0.4, -0.2) is 48.7 Å². The van der Waals surface area contributed by atoms with E-state index in [9.17, 15) is 4.79 Å². The molecule has 0 aliphatic carbocycles. The van der Waals surface area contributed by atoms with E-state index in [-0.39, 0.29) is 5.91 Å². The number of ether oxygens (including phenoxy) is 2. The molecule has 18 heavy (non-hydrogen) atoms. The van der Waals surface area contributed by atoms with Crippen LogP contribution in [0.25, 0.3) is 0 Å². The predicted octanol–water partition coefficient (Wildman–Crippen LogP) is 1.09. The summed E-state index contributed by atoms with van der Waals surface area (Å²) in [5.41, 5.74) is 1.46. The van der Waals surface area contributed by atoms with E-state index in [4.69, 9.17) is 9.47 Å². The van der Waals surface area contributed by atoms with Crippen LogP contribution in [0, 0.1) is 0 Å². The molecule has 1 aromatic rings. The van der Waals surface area contributed by atoms with Gasteiger partial charge in [-0.1, -0.05) is 0 Å². The molecular formula is C13H18N2O3. The monoisotopic (exact) mass is 250 g/mol. The van der Waals surface area contributed by atoms with Gasteiger partial charge in [-0.25, -0.2) is 0 Å². The molecule has 5 nitrogen and oxygen atoms in total. The Morgan fingerprint density at radius 2 is 2.28 bits per heavy atom. The zero-order chi connectivity index (χ0) is 12.8. The Morgan fingerprint density at radius 3 is 3.00 bits per heavy atom. The fraction of sp³-hybridized carbons (Fsp3) is 0.538. The van der Waals surface area contributed by atoms with Gasteiger partial charge in [-0.3, -0.25) is 9.78 Å². The molecule has 1 aliphatic rings. The molecule has 0 spiro atoms. The second-order valence-corrected chi connectivity index (χ2v) is 4.09. The zero-order valence-corrected chi connectivity index (χ0v) is 10.6. The van der Waals surface area contributed by atoms with Crippen molar-refractivity contribution in [3.05, 3.63) is 29.6 Å². The van der Waals surface area contributed by atoms with Gasteiger partial charge in [0.05, 0.1) is 19.8 Å². The number of pyridine rings is 1. The van der Waals surface area contributed by atoms with E-state index in [0.717, 1.165) is 5.56 Å². The average Bonchev–Trinajstić information content (AvgIpc) is 2.45. The van der Waals surface area contributed by atoms with Crippen LogP contribution < -0.4 is 0 Å². The Morgan fingerprint density at radius 1 is 1.50 bits per heavy atom. The number of carbonyl (C=O) groups is 1. The third kappa shape index (κ3) is 3.27. The summed E-state index contributed by atoms with van der Waals surface area (Å²) in [6, 6.07) is 3.67. The van der Waals surface area contributed by atoms with E-state index >= 15 is 0 Å². The summed E-state index contributed by atoms with van der Waals surface area (Å²) in [4.78, 5) is 18.1. The van der Waals surface area contributed by atoms with Gasteiger partial charge < -0.3 is 14.4 Å². The van der Waals surface area contributed by atoms with Gasteiger partial charge in [-0.05, 0) is 24.6 Å². The fourth-order valence-corrected chi connectivity index (χ4v) is 1.83. The molecule has 1 saturated heterocycles. The van der Waals surface area contributed by atoms with Gasteiger partial charge in [0.25, 0.3) is 5.91 Å². The lowest BCUT2D eigenvalue weighted by atomic mass is 10.2. The van der Waals surface area contributed by atoms with Gasteiger partial charge in [0, 0.05) is 25.9 Å². The minimum Gasteiger partial charge on any atom is -0.378 e. The number of hydrogen-bond donors (Lipinski definition) is 0. The van der Waals surface area contributed by atoms with E-state index in [1.807, 2.05) is 13.0 Å². The molecule has 0 radical (unpaired) electrons. The number of rotatable bonds is 4. The highest BCUT2D eigenvalue weighted by molar-refractivity contribution is 5.92. The van der Waals surface area contributed by atoms with Crippen LogP contribution in [-0.2, 0) is 16.1 Å². The molecule has 98 valence electrons. The number of nitrogens with zero attached hydrogens (tertiary/aromatic N) is 2. The van der Waals surface area contributed by atoms with Crippen LogP contribution in [0.4, 0.5) is 0 Å². The van der Waals surface area contributed by atoms with Gasteiger partial charge in [0.1, 0.15) is 5.69 Å². The quantitative estimate of drug-likeness (QED) is 0.802. The van der Waals surface area contributed by atoms with Crippen molar-refractivity contribution in [2.45, 2.75) is 13.5 Å². The molecule has 2 rings (SSSR count). The van der Waals surface area contributed by atoms with Crippen molar-refractivity contribution in [3.63, 3.8) is 0 Å². The summed E-state index contributed by atoms with van der Waals surface area (Å²) in [6.45, 7) is 5.60. The van der Waals surface area contributed by atoms with Crippen molar-refractivity contribution >= 4 is 5.91 Å². The van der Waals surface area contributed by atoms with E-state index < -0.39 is 0 Å². The molecular weight excluding hydrogens is 232 g/mol. The lowest BCUT2D eigenvalue weighted by Gasteiger charge is -2.26. The van der Waals surface area contributed by atoms with Gasteiger partial charge in [0.15, 0.2) is 0 Å². The van der Waals surface area contributed by atoms with Crippen molar-refractivity contribution < 1.29 is 14.3 Å². The van der Waals surface area contributed by atoms with Gasteiger partial charge >= 0.3 is 0 Å². The number of aromatic nitrogens is 1. The van der Waals surface area contributed by atoms with Crippen molar-refractivity contribution in [3.8, 4) is 0 Å². The van der Waals surface area contributed by atoms with Crippen LogP contribution >= 0.6 is 0 Å². The summed E-state index contributed by atoms with van der Waals surface area (Å²) in [5.74, 6) is -0.0309. The summed E-state index contributed by atoms with van der Waals surface area (Å²) >= 11 is 0. The maximum absolute atomic E-state index is 12.2. The first-order chi connectivity index (χ1) is 8.81. The molecule has 1 aliphatic heterocycles. The minimum absolute atomic E-state index is 0.0309. The van der Waals surface area contributed by atoms with Crippen LogP contribution in [0.15, 0.2) is 18.3 Å². The average molecular weight is 250 g/mol. The SMILES string of the molecule is CCOCc1ccnc(C(=O)N2CCOCC2)c1. The van der Waals surface area contributed by atoms with Crippen LogP contribution in [0.5, 0.6) is 0 Å². The molecule has 0 aromatic carbocycles. The topological polar surface area (TPSA) is 51.7 Å². The Bertz CT molecular complexity index is 403. The summed E-state index contributed by atoms with van der Waals surface area (Å²) in [5, 5.41) is 0. The maximum Gasteiger partial charge on any atom is 0.272 e. The molecule has 1 amide bonds. The standard InChI is InChI=1S/C13H18N2O3/c1-2-17-10-11-3-4-14-12(9-11)13(16)15-5-7-18-8-6-15/h3-4,9H,2,5-8,10H2,1H3. The Labute approximate surface area is 107 Å². The zero-order valence-electron chi connectivity index (χ0n) is 10.6. The second-order valence-electron chi connectivity index (χ2n) is 4.09. The number of amides is 1. The highest BCUT2D eigenvalue weighted by Gasteiger charge is 2.19. The smallest absolute Gasteiger partial charge is 0.272 e. The molecule has 0 bridgehead atoms. The first-order valence-corrected chi connectivity index (χ1v) is 6.21. The maximum atomic E-state index is 12.2. The second kappa shape index (κ2) is 6.47. The van der Waals surface area contributed by atoms with Crippen molar-refractivity contribution in [1.29, 1.82) is 0 Å². The largest absolute Gasteiger partial charge is 0.378 e. The van der Waals surface area contributed by atoms with E-state index in [1.165, 1.54) is 0 Å². The Kier molecular flexibility index (Phi) is 4.66. The molecule has 2 heterocycles. The molecule has 0 saturated carbocycles. The van der Waals surface area contributed by atoms with Crippen LogP contribution in [0.2, 0.25) is 0 Å². The molecule has 5 heteroatoms. The Balaban J connectivity index is 2.04. The first kappa shape index (κ1) is 13.0. The summed E-state index contributed by atoms with van der Waals surface area (Å²) < 4.78 is 10.6. The molecule has 0 atom stereocenters. The van der Waals surface area contributed by atoms with Crippen molar-refractivity contribution in [1.82, 2.24) is 9.88 Å². The van der Waals surface area contributed by atoms with Gasteiger partial charge in [-0.15, -0.1) is 0 Å². The highest BCUT2D eigenvalue weighted by atomic mass is 16.5. The first-order valence-electron chi connectivity index (χ1n) is 6.21. The third-order valence-corrected chi connectivity index (χ3v) is 2.81. The highest BCUT2D eigenvalue weighted by Crippen LogP contribution is 2.08. The van der Waals surface area contributed by atoms with Crippen LogP contribution in [0.3, 0.4) is 0 Å². The minimum atomic E-state index is -0.0309. The summed E-state index contributed by atoms with van der Waals surface area (Å²) in [7, 11) is 0.